The highest BCUT2D eigenvalue weighted by Gasteiger charge is 2.06. The second-order valence-electron chi connectivity index (χ2n) is 3.30. The van der Waals surface area contributed by atoms with E-state index in [-0.39, 0.29) is 6.04 Å². The van der Waals surface area contributed by atoms with Crippen LogP contribution in [0.3, 0.4) is 0 Å². The summed E-state index contributed by atoms with van der Waals surface area (Å²) in [5, 5.41) is 12.9. The summed E-state index contributed by atoms with van der Waals surface area (Å²) in [5.74, 6) is 0.860. The van der Waals surface area contributed by atoms with Crippen molar-refractivity contribution in [1.29, 1.82) is 5.26 Å². The molecule has 1 rings (SSSR count). The fourth-order valence-corrected chi connectivity index (χ4v) is 1.97. The highest BCUT2D eigenvalue weighted by molar-refractivity contribution is 7.99. The number of nitrogens with one attached hydrogen (secondary N) is 1. The van der Waals surface area contributed by atoms with Gasteiger partial charge in [-0.2, -0.15) is 5.26 Å². The van der Waals surface area contributed by atoms with Gasteiger partial charge in [-0.05, 0) is 25.5 Å². The minimum Gasteiger partial charge on any atom is -0.302 e. The zero-order valence-corrected chi connectivity index (χ0v) is 10.2. The van der Waals surface area contributed by atoms with Crippen molar-refractivity contribution in [2.45, 2.75) is 31.0 Å². The molecular formula is C11H16N4S. The molecule has 0 aliphatic heterocycles. The molecule has 1 aromatic heterocycles. The number of rotatable bonds is 7. The lowest BCUT2D eigenvalue weighted by atomic mass is 10.2. The number of hydrogen-bond donors (Lipinski definition) is 1. The van der Waals surface area contributed by atoms with Gasteiger partial charge >= 0.3 is 0 Å². The zero-order valence-electron chi connectivity index (χ0n) is 9.39. The molecule has 0 amide bonds. The largest absolute Gasteiger partial charge is 0.302 e. The summed E-state index contributed by atoms with van der Waals surface area (Å²) in [6.45, 7) is 2.98. The van der Waals surface area contributed by atoms with E-state index in [1.54, 1.807) is 30.2 Å². The third-order valence-electron chi connectivity index (χ3n) is 1.98. The first-order valence-electron chi connectivity index (χ1n) is 5.39. The zero-order chi connectivity index (χ0) is 11.6. The van der Waals surface area contributed by atoms with Crippen LogP contribution in [0.5, 0.6) is 0 Å². The summed E-state index contributed by atoms with van der Waals surface area (Å²) in [5.41, 5.74) is 0. The Kier molecular flexibility index (Phi) is 6.54. The highest BCUT2D eigenvalue weighted by Crippen LogP contribution is 2.12. The first-order valence-corrected chi connectivity index (χ1v) is 6.38. The molecule has 1 aromatic rings. The molecule has 1 heterocycles. The van der Waals surface area contributed by atoms with Crippen molar-refractivity contribution in [3.8, 4) is 6.07 Å². The molecule has 0 spiro atoms. The maximum Gasteiger partial charge on any atom is 0.187 e. The van der Waals surface area contributed by atoms with Crippen molar-refractivity contribution in [3.05, 3.63) is 18.5 Å². The number of nitrogens with zero attached hydrogens (tertiary/aromatic N) is 3. The monoisotopic (exact) mass is 236 g/mol. The lowest BCUT2D eigenvalue weighted by molar-refractivity contribution is 0.585. The summed E-state index contributed by atoms with van der Waals surface area (Å²) < 4.78 is 0. The SMILES string of the molecule is CCCNC(C#N)CCSc1ncccn1. The number of nitriles is 1. The Bertz CT molecular complexity index is 323. The maximum absolute atomic E-state index is 8.90. The van der Waals surface area contributed by atoms with Crippen LogP contribution in [0, 0.1) is 11.3 Å². The number of aromatic nitrogens is 2. The van der Waals surface area contributed by atoms with Gasteiger partial charge in [-0.3, -0.25) is 0 Å². The van der Waals surface area contributed by atoms with E-state index in [4.69, 9.17) is 5.26 Å². The molecule has 0 radical (unpaired) electrons. The van der Waals surface area contributed by atoms with Gasteiger partial charge in [0.15, 0.2) is 5.16 Å². The minimum atomic E-state index is -0.0591. The normalized spacial score (nSPS) is 12.0. The molecule has 0 aromatic carbocycles. The van der Waals surface area contributed by atoms with Gasteiger partial charge < -0.3 is 5.32 Å². The smallest absolute Gasteiger partial charge is 0.187 e. The Hall–Kier alpha value is -1.12. The van der Waals surface area contributed by atoms with Crippen molar-refractivity contribution in [2.24, 2.45) is 0 Å². The van der Waals surface area contributed by atoms with Crippen LogP contribution in [0.4, 0.5) is 0 Å². The molecule has 0 bridgehead atoms. The molecule has 0 saturated carbocycles. The lowest BCUT2D eigenvalue weighted by Gasteiger charge is -2.09. The summed E-state index contributed by atoms with van der Waals surface area (Å²) in [4.78, 5) is 8.22. The molecule has 1 unspecified atom stereocenters. The van der Waals surface area contributed by atoms with Gasteiger partial charge in [-0.1, -0.05) is 18.7 Å². The molecule has 0 aliphatic rings. The lowest BCUT2D eigenvalue weighted by Crippen LogP contribution is -2.28. The third kappa shape index (κ3) is 5.10. The molecule has 86 valence electrons. The van der Waals surface area contributed by atoms with Crippen molar-refractivity contribution < 1.29 is 0 Å². The van der Waals surface area contributed by atoms with Crippen molar-refractivity contribution >= 4 is 11.8 Å². The second kappa shape index (κ2) is 8.08. The van der Waals surface area contributed by atoms with Gasteiger partial charge in [-0.15, -0.1) is 0 Å². The molecular weight excluding hydrogens is 220 g/mol. The van der Waals surface area contributed by atoms with E-state index in [0.717, 1.165) is 30.3 Å². The fourth-order valence-electron chi connectivity index (χ4n) is 1.16. The maximum atomic E-state index is 8.90. The quantitative estimate of drug-likeness (QED) is 0.578. The topological polar surface area (TPSA) is 61.6 Å². The van der Waals surface area contributed by atoms with E-state index in [0.29, 0.717) is 0 Å². The Morgan fingerprint density at radius 1 is 1.50 bits per heavy atom. The molecule has 16 heavy (non-hydrogen) atoms. The van der Waals surface area contributed by atoms with Gasteiger partial charge in [0, 0.05) is 18.1 Å². The average molecular weight is 236 g/mol. The van der Waals surface area contributed by atoms with Crippen molar-refractivity contribution in [2.75, 3.05) is 12.3 Å². The van der Waals surface area contributed by atoms with Crippen LogP contribution in [0.2, 0.25) is 0 Å². The van der Waals surface area contributed by atoms with Crippen molar-refractivity contribution in [1.82, 2.24) is 15.3 Å². The second-order valence-corrected chi connectivity index (χ2v) is 4.37. The van der Waals surface area contributed by atoms with Crippen LogP contribution in [0.25, 0.3) is 0 Å². The minimum absolute atomic E-state index is 0.0591. The van der Waals surface area contributed by atoms with Gasteiger partial charge in [0.25, 0.3) is 0 Å². The highest BCUT2D eigenvalue weighted by atomic mass is 32.2. The summed E-state index contributed by atoms with van der Waals surface area (Å²) in [6, 6.07) is 4.00. The Morgan fingerprint density at radius 3 is 2.88 bits per heavy atom. The first-order chi connectivity index (χ1) is 7.86. The summed E-state index contributed by atoms with van der Waals surface area (Å²) >= 11 is 1.58. The van der Waals surface area contributed by atoms with Crippen LogP contribution in [0.1, 0.15) is 19.8 Å². The predicted molar refractivity (Wildman–Crippen MR) is 65.1 cm³/mol. The van der Waals surface area contributed by atoms with E-state index in [1.165, 1.54) is 0 Å². The molecule has 0 saturated heterocycles. The number of hydrogen-bond acceptors (Lipinski definition) is 5. The molecule has 1 N–H and O–H groups in total. The fraction of sp³-hybridized carbons (Fsp3) is 0.545. The van der Waals surface area contributed by atoms with Gasteiger partial charge in [-0.25, -0.2) is 9.97 Å². The van der Waals surface area contributed by atoms with E-state index in [1.807, 2.05) is 0 Å². The van der Waals surface area contributed by atoms with Crippen LogP contribution >= 0.6 is 11.8 Å². The molecule has 0 fully saturated rings. The molecule has 0 aliphatic carbocycles. The van der Waals surface area contributed by atoms with Crippen molar-refractivity contribution in [3.63, 3.8) is 0 Å². The van der Waals surface area contributed by atoms with Crippen LogP contribution in [-0.4, -0.2) is 28.3 Å². The molecule has 1 atom stereocenters. The predicted octanol–water partition coefficient (Wildman–Crippen LogP) is 1.85. The van der Waals surface area contributed by atoms with Crippen LogP contribution < -0.4 is 5.32 Å². The van der Waals surface area contributed by atoms with E-state index in [9.17, 15) is 0 Å². The number of thioether (sulfide) groups is 1. The Balaban J connectivity index is 2.21. The molecule has 5 heteroatoms. The van der Waals surface area contributed by atoms with Gasteiger partial charge in [0.05, 0.1) is 12.1 Å². The van der Waals surface area contributed by atoms with Gasteiger partial charge in [0.2, 0.25) is 0 Å². The summed E-state index contributed by atoms with van der Waals surface area (Å²) in [7, 11) is 0. The van der Waals surface area contributed by atoms with E-state index >= 15 is 0 Å². The first kappa shape index (κ1) is 12.9. The third-order valence-corrected chi connectivity index (χ3v) is 2.89. The molecule has 4 nitrogen and oxygen atoms in total. The Labute approximate surface area is 100 Å². The standard InChI is InChI=1S/C11H16N4S/c1-2-5-13-10(9-12)4-8-16-11-14-6-3-7-15-11/h3,6-7,10,13H,2,4-5,8H2,1H3. The van der Waals surface area contributed by atoms with Crippen LogP contribution in [-0.2, 0) is 0 Å². The summed E-state index contributed by atoms with van der Waals surface area (Å²) in [6.07, 6.45) is 5.32. The van der Waals surface area contributed by atoms with Gasteiger partial charge in [0.1, 0.15) is 0 Å². The van der Waals surface area contributed by atoms with Crippen LogP contribution in [0.15, 0.2) is 23.6 Å². The average Bonchev–Trinajstić information content (AvgIpc) is 2.35. The van der Waals surface area contributed by atoms with E-state index in [2.05, 4.69) is 28.3 Å². The Morgan fingerprint density at radius 2 is 2.25 bits per heavy atom. The van der Waals surface area contributed by atoms with E-state index < -0.39 is 0 Å².